The summed E-state index contributed by atoms with van der Waals surface area (Å²) in [5, 5.41) is 0.943. The van der Waals surface area contributed by atoms with Crippen molar-refractivity contribution in [3.63, 3.8) is 0 Å². The molecule has 1 aromatic heterocycles. The summed E-state index contributed by atoms with van der Waals surface area (Å²) in [7, 11) is 0. The fraction of sp³-hybridized carbons (Fsp3) is 0.312. The lowest BCUT2D eigenvalue weighted by atomic mass is 9.97. The Morgan fingerprint density at radius 3 is 2.34 bits per heavy atom. The highest BCUT2D eigenvalue weighted by molar-refractivity contribution is 7.22. The van der Waals surface area contributed by atoms with Crippen LogP contribution in [0.25, 0.3) is 20.5 Å². The van der Waals surface area contributed by atoms with Gasteiger partial charge < -0.3 is 9.47 Å². The number of hydrogen-bond acceptors (Lipinski definition) is 6. The van der Waals surface area contributed by atoms with E-state index >= 15 is 0 Å². The minimum Gasteiger partial charge on any atom is -0.492 e. The van der Waals surface area contributed by atoms with Crippen LogP contribution in [0.3, 0.4) is 0 Å². The van der Waals surface area contributed by atoms with Gasteiger partial charge in [0.25, 0.3) is 0 Å². The molecule has 0 saturated carbocycles. The van der Waals surface area contributed by atoms with Crippen molar-refractivity contribution in [2.45, 2.75) is 39.0 Å². The number of unbranched alkanes of at least 4 members (excludes halogenated alkanes) is 1. The Morgan fingerprint density at radius 2 is 1.61 bits per heavy atom. The minimum atomic E-state index is -0.221. The number of carbonyl (C=O) groups excluding carboxylic acids is 2. The molecular weight excluding hydrogens is 494 g/mol. The standard InChI is InChI=1S/C32H33NO4S/c1-2-3-10-29(34)37-26-17-13-24(14-18-26)32-30(27-8-4-5-9-28(27)38-32)31(35)23-11-15-25(16-12-23)36-22-21-33-19-6-7-20-33/h4-5,8-9,11-18H,2-3,6-7,10,19-22H2,1H3. The molecule has 1 aliphatic rings. The Bertz CT molecular complexity index is 1390. The molecule has 0 N–H and O–H groups in total. The van der Waals surface area contributed by atoms with Gasteiger partial charge in [-0.15, -0.1) is 11.3 Å². The van der Waals surface area contributed by atoms with Crippen LogP contribution in [0, 0.1) is 0 Å². The fourth-order valence-electron chi connectivity index (χ4n) is 4.80. The number of benzene rings is 3. The third-order valence-electron chi connectivity index (χ3n) is 6.90. The van der Waals surface area contributed by atoms with Gasteiger partial charge in [0.1, 0.15) is 18.1 Å². The largest absolute Gasteiger partial charge is 0.492 e. The van der Waals surface area contributed by atoms with E-state index in [2.05, 4.69) is 4.90 Å². The molecule has 6 heteroatoms. The second-order valence-electron chi connectivity index (χ2n) is 9.66. The molecule has 1 aliphatic heterocycles. The maximum atomic E-state index is 13.8. The Labute approximate surface area is 228 Å². The smallest absolute Gasteiger partial charge is 0.311 e. The summed E-state index contributed by atoms with van der Waals surface area (Å²) in [5.74, 6) is 1.06. The van der Waals surface area contributed by atoms with Gasteiger partial charge in [-0.3, -0.25) is 14.5 Å². The normalized spacial score (nSPS) is 13.6. The fourth-order valence-corrected chi connectivity index (χ4v) is 6.00. The number of ketones is 1. The SMILES string of the molecule is CCCCC(=O)Oc1ccc(-c2sc3ccccc3c2C(=O)c2ccc(OCCN3CCCC3)cc2)cc1. The third kappa shape index (κ3) is 6.14. The highest BCUT2D eigenvalue weighted by Crippen LogP contribution is 2.40. The monoisotopic (exact) mass is 527 g/mol. The number of fused-ring (bicyclic) bond motifs is 1. The molecule has 0 amide bonds. The first-order valence-corrected chi connectivity index (χ1v) is 14.3. The highest BCUT2D eigenvalue weighted by atomic mass is 32.1. The van der Waals surface area contributed by atoms with Gasteiger partial charge >= 0.3 is 5.97 Å². The van der Waals surface area contributed by atoms with Crippen molar-refractivity contribution >= 4 is 33.2 Å². The molecule has 3 aromatic carbocycles. The lowest BCUT2D eigenvalue weighted by Crippen LogP contribution is -2.25. The molecule has 0 unspecified atom stereocenters. The van der Waals surface area contributed by atoms with Crippen molar-refractivity contribution in [1.82, 2.24) is 4.90 Å². The summed E-state index contributed by atoms with van der Waals surface area (Å²) >= 11 is 1.60. The van der Waals surface area contributed by atoms with E-state index in [1.54, 1.807) is 23.5 Å². The van der Waals surface area contributed by atoms with Gasteiger partial charge in [-0.2, -0.15) is 0 Å². The van der Waals surface area contributed by atoms with Gasteiger partial charge in [0.15, 0.2) is 5.78 Å². The van der Waals surface area contributed by atoms with E-state index in [0.717, 1.165) is 58.8 Å². The molecule has 0 aliphatic carbocycles. The Hall–Kier alpha value is -3.48. The number of esters is 1. The number of thiophene rings is 1. The van der Waals surface area contributed by atoms with Crippen molar-refractivity contribution in [1.29, 1.82) is 0 Å². The number of hydrogen-bond donors (Lipinski definition) is 0. The minimum absolute atomic E-state index is 0.0175. The quantitative estimate of drug-likeness (QED) is 0.116. The molecular formula is C32H33NO4S. The number of carbonyl (C=O) groups is 2. The number of likely N-dealkylation sites (tertiary alicyclic amines) is 1. The van der Waals surface area contributed by atoms with Crippen LogP contribution >= 0.6 is 11.3 Å². The van der Waals surface area contributed by atoms with Crippen LogP contribution in [0.15, 0.2) is 72.8 Å². The van der Waals surface area contributed by atoms with Gasteiger partial charge in [0.05, 0.1) is 0 Å². The van der Waals surface area contributed by atoms with Crippen LogP contribution in [-0.4, -0.2) is 42.9 Å². The zero-order chi connectivity index (χ0) is 26.3. The maximum absolute atomic E-state index is 13.8. The van der Waals surface area contributed by atoms with Gasteiger partial charge in [0, 0.05) is 39.1 Å². The molecule has 0 spiro atoms. The number of ether oxygens (including phenoxy) is 2. The highest BCUT2D eigenvalue weighted by Gasteiger charge is 2.22. The number of rotatable bonds is 11. The first-order valence-electron chi connectivity index (χ1n) is 13.4. The van der Waals surface area contributed by atoms with Crippen molar-refractivity contribution in [3.05, 3.63) is 83.9 Å². The molecule has 4 aromatic rings. The molecule has 2 heterocycles. The predicted octanol–water partition coefficient (Wildman–Crippen LogP) is 7.37. The molecule has 1 saturated heterocycles. The van der Waals surface area contributed by atoms with Crippen molar-refractivity contribution in [2.75, 3.05) is 26.2 Å². The van der Waals surface area contributed by atoms with Crippen LogP contribution in [0.4, 0.5) is 0 Å². The van der Waals surface area contributed by atoms with Gasteiger partial charge in [0.2, 0.25) is 0 Å². The Morgan fingerprint density at radius 1 is 0.895 bits per heavy atom. The van der Waals surface area contributed by atoms with E-state index in [1.807, 2.05) is 67.6 Å². The van der Waals surface area contributed by atoms with E-state index < -0.39 is 0 Å². The Balaban J connectivity index is 1.35. The van der Waals surface area contributed by atoms with E-state index in [4.69, 9.17) is 9.47 Å². The summed E-state index contributed by atoms with van der Waals surface area (Å²) in [6, 6.07) is 22.9. The molecule has 196 valence electrons. The van der Waals surface area contributed by atoms with Crippen molar-refractivity contribution in [2.24, 2.45) is 0 Å². The summed E-state index contributed by atoms with van der Waals surface area (Å²) < 4.78 is 12.5. The third-order valence-corrected chi connectivity index (χ3v) is 8.12. The average molecular weight is 528 g/mol. The molecule has 0 bridgehead atoms. The summed E-state index contributed by atoms with van der Waals surface area (Å²) in [4.78, 5) is 29.2. The molecule has 5 rings (SSSR count). The average Bonchev–Trinajstić information content (AvgIpc) is 3.60. The number of nitrogens with zero attached hydrogens (tertiary/aromatic N) is 1. The topological polar surface area (TPSA) is 55.8 Å². The van der Waals surface area contributed by atoms with Crippen LogP contribution in [0.1, 0.15) is 54.9 Å². The summed E-state index contributed by atoms with van der Waals surface area (Å²) in [6.45, 7) is 5.93. The Kier molecular flexibility index (Phi) is 8.51. The van der Waals surface area contributed by atoms with E-state index in [-0.39, 0.29) is 11.8 Å². The molecule has 1 fully saturated rings. The molecule has 5 nitrogen and oxygen atoms in total. The zero-order valence-corrected chi connectivity index (χ0v) is 22.6. The molecule has 38 heavy (non-hydrogen) atoms. The second kappa shape index (κ2) is 12.4. The lowest BCUT2D eigenvalue weighted by Gasteiger charge is -2.15. The first-order chi connectivity index (χ1) is 18.6. The maximum Gasteiger partial charge on any atom is 0.311 e. The van der Waals surface area contributed by atoms with Crippen molar-refractivity contribution in [3.8, 4) is 21.9 Å². The van der Waals surface area contributed by atoms with Crippen molar-refractivity contribution < 1.29 is 19.1 Å². The van der Waals surface area contributed by atoms with Crippen LogP contribution in [-0.2, 0) is 4.79 Å². The lowest BCUT2D eigenvalue weighted by molar-refractivity contribution is -0.134. The van der Waals surface area contributed by atoms with Gasteiger partial charge in [-0.1, -0.05) is 31.5 Å². The zero-order valence-electron chi connectivity index (χ0n) is 21.8. The second-order valence-corrected chi connectivity index (χ2v) is 10.7. The van der Waals surface area contributed by atoms with E-state index in [0.29, 0.717) is 29.9 Å². The van der Waals surface area contributed by atoms with E-state index in [1.165, 1.54) is 12.8 Å². The molecule has 0 radical (unpaired) electrons. The van der Waals surface area contributed by atoms with Crippen LogP contribution in [0.5, 0.6) is 11.5 Å². The summed E-state index contributed by atoms with van der Waals surface area (Å²) in [5.41, 5.74) is 2.24. The van der Waals surface area contributed by atoms with Crippen LogP contribution in [0.2, 0.25) is 0 Å². The van der Waals surface area contributed by atoms with Crippen LogP contribution < -0.4 is 9.47 Å². The summed E-state index contributed by atoms with van der Waals surface area (Å²) in [6.07, 6.45) is 4.72. The molecule has 0 atom stereocenters. The van der Waals surface area contributed by atoms with Gasteiger partial charge in [-0.25, -0.2) is 0 Å². The first kappa shape index (κ1) is 26.1. The predicted molar refractivity (Wildman–Crippen MR) is 153 cm³/mol. The van der Waals surface area contributed by atoms with Gasteiger partial charge in [-0.05, 0) is 92.5 Å². The van der Waals surface area contributed by atoms with E-state index in [9.17, 15) is 9.59 Å².